The van der Waals surface area contributed by atoms with Crippen molar-refractivity contribution >= 4 is 11.8 Å². The number of carbonyl (C=O) groups excluding carboxylic acids is 1. The van der Waals surface area contributed by atoms with Crippen LogP contribution in [0.3, 0.4) is 0 Å². The van der Waals surface area contributed by atoms with Gasteiger partial charge < -0.3 is 23.7 Å². The first-order valence-corrected chi connectivity index (χ1v) is 7.49. The van der Waals surface area contributed by atoms with Crippen LogP contribution in [0, 0.1) is 0 Å². The van der Waals surface area contributed by atoms with E-state index in [4.69, 9.17) is 23.7 Å². The molecule has 2 fully saturated rings. The van der Waals surface area contributed by atoms with Crippen LogP contribution >= 0.6 is 0 Å². The zero-order chi connectivity index (χ0) is 15.7. The van der Waals surface area contributed by atoms with Gasteiger partial charge in [0.25, 0.3) is 0 Å². The number of amides is 1. The second-order valence-corrected chi connectivity index (χ2v) is 5.78. The van der Waals surface area contributed by atoms with E-state index in [1.807, 2.05) is 4.90 Å². The van der Waals surface area contributed by atoms with Crippen LogP contribution in [0.2, 0.25) is 0 Å². The van der Waals surface area contributed by atoms with Crippen LogP contribution in [0.4, 0.5) is 10.5 Å². The fourth-order valence-electron chi connectivity index (χ4n) is 2.88. The summed E-state index contributed by atoms with van der Waals surface area (Å²) in [6, 6.07) is 5.23. The summed E-state index contributed by atoms with van der Waals surface area (Å²) in [4.78, 5) is 14.0. The Morgan fingerprint density at radius 1 is 1.17 bits per heavy atom. The highest BCUT2D eigenvalue weighted by atomic mass is 16.6. The van der Waals surface area contributed by atoms with Crippen molar-refractivity contribution in [1.82, 2.24) is 4.90 Å². The average molecular weight is 322 g/mol. The topological polar surface area (TPSA) is 78.5 Å². The van der Waals surface area contributed by atoms with Gasteiger partial charge in [0.1, 0.15) is 38.8 Å². The lowest BCUT2D eigenvalue weighted by molar-refractivity contribution is 0.0690. The zero-order valence-electron chi connectivity index (χ0n) is 12.6. The van der Waals surface area contributed by atoms with Crippen molar-refractivity contribution in [1.29, 1.82) is 0 Å². The number of fused-ring (bicyclic) bond motifs is 2. The van der Waals surface area contributed by atoms with E-state index in [0.717, 1.165) is 0 Å². The van der Waals surface area contributed by atoms with Gasteiger partial charge in [-0.1, -0.05) is 0 Å². The van der Waals surface area contributed by atoms with Gasteiger partial charge in [0, 0.05) is 11.8 Å². The van der Waals surface area contributed by atoms with Crippen molar-refractivity contribution in [2.24, 2.45) is 0 Å². The average Bonchev–Trinajstić information content (AvgIpc) is 3.13. The Kier molecular flexibility index (Phi) is 3.72. The molecule has 0 atom stereocenters. The van der Waals surface area contributed by atoms with Gasteiger partial charge in [0.05, 0.1) is 13.2 Å². The number of ether oxygens (including phenoxy) is 5. The highest BCUT2D eigenvalue weighted by Gasteiger charge is 2.47. The number of carbonyl (C=O) groups is 1. The Hall–Kier alpha value is -2.03. The normalized spacial score (nSPS) is 21.7. The van der Waals surface area contributed by atoms with E-state index in [0.29, 0.717) is 57.1 Å². The molecule has 0 aliphatic carbocycles. The summed E-state index contributed by atoms with van der Waals surface area (Å²) in [5, 5.41) is 2.70. The summed E-state index contributed by atoms with van der Waals surface area (Å²) in [5.41, 5.74) is 0.239. The number of hydrogen-bond donors (Lipinski definition) is 1. The molecule has 1 aromatic carbocycles. The molecule has 0 saturated carbocycles. The first kappa shape index (κ1) is 14.6. The molecule has 4 rings (SSSR count). The van der Waals surface area contributed by atoms with Crippen molar-refractivity contribution in [3.63, 3.8) is 0 Å². The largest absolute Gasteiger partial charge is 0.486 e. The summed E-state index contributed by atoms with van der Waals surface area (Å²) >= 11 is 0. The molecule has 0 bridgehead atoms. The van der Waals surface area contributed by atoms with Gasteiger partial charge in [-0.05, 0) is 12.1 Å². The molecule has 2 saturated heterocycles. The van der Waals surface area contributed by atoms with Crippen LogP contribution in [0.25, 0.3) is 0 Å². The first-order valence-electron chi connectivity index (χ1n) is 7.49. The Labute approximate surface area is 133 Å². The van der Waals surface area contributed by atoms with Crippen molar-refractivity contribution < 1.29 is 28.5 Å². The number of hydrogen-bond acceptors (Lipinski definition) is 7. The summed E-state index contributed by atoms with van der Waals surface area (Å²) in [6.07, 6.45) is -0.519. The second kappa shape index (κ2) is 5.88. The molecule has 0 aromatic heterocycles. The van der Waals surface area contributed by atoms with Crippen LogP contribution in [0.15, 0.2) is 18.2 Å². The van der Waals surface area contributed by atoms with Gasteiger partial charge in [0.2, 0.25) is 0 Å². The highest BCUT2D eigenvalue weighted by Crippen LogP contribution is 2.33. The van der Waals surface area contributed by atoms with E-state index >= 15 is 0 Å². The lowest BCUT2D eigenvalue weighted by Crippen LogP contribution is -2.48. The van der Waals surface area contributed by atoms with E-state index in [-0.39, 0.29) is 12.1 Å². The van der Waals surface area contributed by atoms with Crippen LogP contribution in [0.5, 0.6) is 11.5 Å². The molecule has 1 amide bonds. The van der Waals surface area contributed by atoms with E-state index in [9.17, 15) is 4.79 Å². The number of benzene rings is 1. The fourth-order valence-corrected chi connectivity index (χ4v) is 2.88. The van der Waals surface area contributed by atoms with Crippen LogP contribution in [0.1, 0.15) is 0 Å². The molecule has 0 radical (unpaired) electrons. The molecule has 1 aromatic rings. The lowest BCUT2D eigenvalue weighted by atomic mass is 10.0. The summed E-state index contributed by atoms with van der Waals surface area (Å²) in [5.74, 6) is 1.29. The van der Waals surface area contributed by atoms with Gasteiger partial charge in [-0.15, -0.1) is 0 Å². The Morgan fingerprint density at radius 2 is 1.91 bits per heavy atom. The number of nitrogens with one attached hydrogen (secondary N) is 1. The van der Waals surface area contributed by atoms with Crippen molar-refractivity contribution in [2.45, 2.75) is 5.54 Å². The minimum absolute atomic E-state index is 0.226. The van der Waals surface area contributed by atoms with E-state index in [1.54, 1.807) is 18.2 Å². The monoisotopic (exact) mass is 322 g/mol. The molecule has 1 N–H and O–H groups in total. The van der Waals surface area contributed by atoms with Gasteiger partial charge in [-0.3, -0.25) is 5.32 Å². The Morgan fingerprint density at radius 3 is 2.70 bits per heavy atom. The zero-order valence-corrected chi connectivity index (χ0v) is 12.6. The van der Waals surface area contributed by atoms with Crippen molar-refractivity contribution in [3.05, 3.63) is 18.2 Å². The molecule has 3 aliphatic rings. The van der Waals surface area contributed by atoms with Crippen molar-refractivity contribution in [3.8, 4) is 11.5 Å². The second-order valence-electron chi connectivity index (χ2n) is 5.78. The molecular weight excluding hydrogens is 304 g/mol. The minimum atomic E-state index is -0.519. The summed E-state index contributed by atoms with van der Waals surface area (Å²) in [7, 11) is 0. The van der Waals surface area contributed by atoms with Gasteiger partial charge >= 0.3 is 6.09 Å². The van der Waals surface area contributed by atoms with Crippen LogP contribution in [-0.2, 0) is 14.2 Å². The van der Waals surface area contributed by atoms with Gasteiger partial charge in [0.15, 0.2) is 11.5 Å². The quantitative estimate of drug-likeness (QED) is 0.890. The lowest BCUT2D eigenvalue weighted by Gasteiger charge is -2.26. The Bertz CT molecular complexity index is 598. The fraction of sp³-hybridized carbons (Fsp3) is 0.533. The predicted octanol–water partition coefficient (Wildman–Crippen LogP) is 1.02. The molecule has 8 heteroatoms. The van der Waals surface area contributed by atoms with E-state index in [1.165, 1.54) is 0 Å². The molecule has 124 valence electrons. The maximum Gasteiger partial charge on any atom is 0.411 e. The third-order valence-electron chi connectivity index (χ3n) is 4.17. The summed E-state index contributed by atoms with van der Waals surface area (Å²) < 4.78 is 27.1. The third-order valence-corrected chi connectivity index (χ3v) is 4.17. The molecule has 23 heavy (non-hydrogen) atoms. The Balaban J connectivity index is 1.35. The molecule has 8 nitrogen and oxygen atoms in total. The molecular formula is C15H18N2O6. The first-order chi connectivity index (χ1) is 11.3. The number of nitrogens with zero attached hydrogens (tertiary/aromatic N) is 1. The standard InChI is InChI=1S/C15H18N2O6/c18-14(23-8-15-6-19-9-17(15)10-20-7-15)16-11-1-2-12-13(5-11)22-4-3-21-12/h1-2,5H,3-4,6-10H2,(H,16,18). The smallest absolute Gasteiger partial charge is 0.411 e. The van der Waals surface area contributed by atoms with Gasteiger partial charge in [-0.25, -0.2) is 9.69 Å². The molecule has 3 heterocycles. The number of anilines is 1. The molecule has 3 aliphatic heterocycles. The SMILES string of the molecule is O=C(Nc1ccc2c(c1)OCCO2)OCC12COCN1COC2. The molecule has 0 unspecified atom stereocenters. The third kappa shape index (κ3) is 2.80. The predicted molar refractivity (Wildman–Crippen MR) is 78.6 cm³/mol. The van der Waals surface area contributed by atoms with E-state index in [2.05, 4.69) is 5.32 Å². The van der Waals surface area contributed by atoms with Crippen LogP contribution < -0.4 is 14.8 Å². The maximum atomic E-state index is 12.0. The summed E-state index contributed by atoms with van der Waals surface area (Å²) in [6.45, 7) is 3.28. The maximum absolute atomic E-state index is 12.0. The van der Waals surface area contributed by atoms with Gasteiger partial charge in [-0.2, -0.15) is 0 Å². The highest BCUT2D eigenvalue weighted by molar-refractivity contribution is 5.85. The van der Waals surface area contributed by atoms with Crippen LogP contribution in [-0.4, -0.2) is 63.0 Å². The number of rotatable bonds is 3. The minimum Gasteiger partial charge on any atom is -0.486 e. The van der Waals surface area contributed by atoms with E-state index < -0.39 is 6.09 Å². The van der Waals surface area contributed by atoms with Crippen molar-refractivity contribution in [2.75, 3.05) is 51.8 Å². The molecule has 0 spiro atoms.